The summed E-state index contributed by atoms with van der Waals surface area (Å²) in [5, 5.41) is 10.9. The van der Waals surface area contributed by atoms with E-state index in [0.717, 1.165) is 11.8 Å². The largest absolute Gasteiger partial charge is 0.358 e. The Morgan fingerprint density at radius 2 is 1.92 bits per heavy atom. The van der Waals surface area contributed by atoms with Crippen molar-refractivity contribution in [1.29, 1.82) is 0 Å². The molecule has 0 N–H and O–H groups in total. The van der Waals surface area contributed by atoms with Gasteiger partial charge in [-0.05, 0) is 30.4 Å². The molecule has 1 heterocycles. The monoisotopic (exact) mass is 381 g/mol. The number of ketones is 1. The molecule has 0 aliphatic rings. The lowest BCUT2D eigenvalue weighted by Crippen LogP contribution is -2.14. The van der Waals surface area contributed by atoms with Crippen LogP contribution < -0.4 is 0 Å². The predicted octanol–water partition coefficient (Wildman–Crippen LogP) is 2.16. The minimum atomic E-state index is -3.87. The molecule has 0 fully saturated rings. The van der Waals surface area contributed by atoms with Gasteiger partial charge < -0.3 is 10.1 Å². The van der Waals surface area contributed by atoms with Gasteiger partial charge in [0.05, 0.1) is 11.5 Å². The number of Topliss-reactive ketones (excluding diaryl/α,β-unsaturated/α-hetero) is 1. The van der Waals surface area contributed by atoms with Gasteiger partial charge in [-0.3, -0.25) is 8.98 Å². The second-order valence-electron chi connectivity index (χ2n) is 5.74. The zero-order valence-corrected chi connectivity index (χ0v) is 15.2. The zero-order valence-electron chi connectivity index (χ0n) is 14.4. The molecule has 140 valence electrons. The Hall–Kier alpha value is -2.59. The third-order valence-corrected chi connectivity index (χ3v) is 5.03. The Morgan fingerprint density at radius 1 is 1.27 bits per heavy atom. The van der Waals surface area contributed by atoms with Gasteiger partial charge >= 0.3 is 5.82 Å². The van der Waals surface area contributed by atoms with Gasteiger partial charge in [-0.15, -0.1) is 0 Å². The van der Waals surface area contributed by atoms with E-state index in [1.54, 1.807) is 19.1 Å². The van der Waals surface area contributed by atoms with Crippen LogP contribution in [0.15, 0.2) is 35.4 Å². The molecule has 0 saturated carbocycles. The molecule has 0 amide bonds. The van der Waals surface area contributed by atoms with Crippen LogP contribution in [-0.2, 0) is 25.6 Å². The van der Waals surface area contributed by atoms with Gasteiger partial charge in [0.1, 0.15) is 6.20 Å². The van der Waals surface area contributed by atoms with E-state index in [9.17, 15) is 23.3 Å². The van der Waals surface area contributed by atoms with Crippen LogP contribution in [0.2, 0.25) is 0 Å². The second-order valence-corrected chi connectivity index (χ2v) is 7.35. The molecule has 2 aromatic rings. The summed E-state index contributed by atoms with van der Waals surface area (Å²) in [7, 11) is -3.87. The smallest absolute Gasteiger partial charge is 0.343 e. The van der Waals surface area contributed by atoms with Gasteiger partial charge in [0.2, 0.25) is 0 Å². The summed E-state index contributed by atoms with van der Waals surface area (Å²) in [6.07, 6.45) is 1.32. The van der Waals surface area contributed by atoms with Crippen molar-refractivity contribution in [2.75, 3.05) is 6.61 Å². The van der Waals surface area contributed by atoms with Gasteiger partial charge in [0.15, 0.2) is 18.2 Å². The molecule has 1 aromatic carbocycles. The van der Waals surface area contributed by atoms with Gasteiger partial charge in [-0.25, -0.2) is 9.55 Å². The highest BCUT2D eigenvalue weighted by Gasteiger charge is 2.20. The normalized spacial score (nSPS) is 11.5. The number of imidazole rings is 1. The van der Waals surface area contributed by atoms with Gasteiger partial charge in [0.25, 0.3) is 10.1 Å². The number of nitro groups is 1. The van der Waals surface area contributed by atoms with Crippen LogP contribution in [0.25, 0.3) is 0 Å². The van der Waals surface area contributed by atoms with Crippen molar-refractivity contribution in [3.05, 3.63) is 52.0 Å². The Kier molecular flexibility index (Phi) is 6.22. The van der Waals surface area contributed by atoms with Crippen LogP contribution in [0.5, 0.6) is 0 Å². The number of benzene rings is 1. The molecule has 9 nitrogen and oxygen atoms in total. The van der Waals surface area contributed by atoms with E-state index in [-0.39, 0.29) is 42.5 Å². The van der Waals surface area contributed by atoms with E-state index >= 15 is 0 Å². The number of hydrogen-bond acceptors (Lipinski definition) is 7. The van der Waals surface area contributed by atoms with Crippen molar-refractivity contribution >= 4 is 21.7 Å². The maximum atomic E-state index is 12.0. The minimum Gasteiger partial charge on any atom is -0.358 e. The summed E-state index contributed by atoms with van der Waals surface area (Å²) >= 11 is 0. The fourth-order valence-electron chi connectivity index (χ4n) is 2.26. The molecule has 0 radical (unpaired) electrons. The average molecular weight is 381 g/mol. The predicted molar refractivity (Wildman–Crippen MR) is 92.2 cm³/mol. The van der Waals surface area contributed by atoms with Gasteiger partial charge in [-0.2, -0.15) is 8.42 Å². The molecule has 0 aliphatic heterocycles. The van der Waals surface area contributed by atoms with Crippen molar-refractivity contribution in [2.45, 2.75) is 38.1 Å². The summed E-state index contributed by atoms with van der Waals surface area (Å²) < 4.78 is 30.2. The van der Waals surface area contributed by atoms with E-state index in [1.165, 1.54) is 16.7 Å². The van der Waals surface area contributed by atoms with Crippen molar-refractivity contribution < 1.29 is 22.3 Å². The number of carbonyl (C=O) groups is 1. The van der Waals surface area contributed by atoms with Crippen LogP contribution in [-0.4, -0.2) is 35.3 Å². The molecule has 0 spiro atoms. The molecule has 0 unspecified atom stereocenters. The second kappa shape index (κ2) is 8.19. The highest BCUT2D eigenvalue weighted by Crippen LogP contribution is 2.15. The molecule has 0 aliphatic carbocycles. The quantitative estimate of drug-likeness (QED) is 0.282. The number of aryl methyl sites for hydroxylation is 2. The molecular formula is C16H19N3O6S. The Labute approximate surface area is 150 Å². The van der Waals surface area contributed by atoms with Crippen LogP contribution >= 0.6 is 0 Å². The molecule has 2 rings (SSSR count). The van der Waals surface area contributed by atoms with E-state index in [1.807, 2.05) is 6.92 Å². The number of carbonyl (C=O) groups excluding carboxylic acids is 1. The van der Waals surface area contributed by atoms with Crippen molar-refractivity contribution in [2.24, 2.45) is 0 Å². The van der Waals surface area contributed by atoms with Crippen LogP contribution in [0.1, 0.15) is 24.2 Å². The summed E-state index contributed by atoms with van der Waals surface area (Å²) in [4.78, 5) is 26.2. The lowest BCUT2D eigenvalue weighted by atomic mass is 10.2. The van der Waals surface area contributed by atoms with Crippen molar-refractivity contribution in [3.8, 4) is 0 Å². The average Bonchev–Trinajstić information content (AvgIpc) is 2.93. The van der Waals surface area contributed by atoms with Gasteiger partial charge in [-0.1, -0.05) is 17.7 Å². The summed E-state index contributed by atoms with van der Waals surface area (Å²) in [6, 6.07) is 6.24. The fourth-order valence-corrected chi connectivity index (χ4v) is 3.21. The van der Waals surface area contributed by atoms with Crippen LogP contribution in [0.4, 0.5) is 5.82 Å². The van der Waals surface area contributed by atoms with Crippen molar-refractivity contribution in [3.63, 3.8) is 0 Å². The standard InChI is InChI=1S/C16H19N3O6S/c1-12-5-7-15(8-6-12)26(23,24)25-9-3-4-14(20)11-18-13(2)17-10-16(18)19(21)22/h5-8,10H,3-4,9,11H2,1-2H3. The first-order chi connectivity index (χ1) is 12.2. The van der Waals surface area contributed by atoms with E-state index < -0.39 is 15.0 Å². The van der Waals surface area contributed by atoms with E-state index in [2.05, 4.69) is 4.98 Å². The molecule has 0 saturated heterocycles. The Balaban J connectivity index is 1.84. The highest BCUT2D eigenvalue weighted by atomic mass is 32.2. The van der Waals surface area contributed by atoms with Gasteiger partial charge in [0, 0.05) is 13.3 Å². The SMILES string of the molecule is Cc1ccc(S(=O)(=O)OCCCC(=O)Cn2c([N+](=O)[O-])cnc2C)cc1. The first-order valence-electron chi connectivity index (χ1n) is 7.85. The first kappa shape index (κ1) is 19.7. The molecule has 26 heavy (non-hydrogen) atoms. The molecule has 10 heteroatoms. The fraction of sp³-hybridized carbons (Fsp3) is 0.375. The third-order valence-electron chi connectivity index (χ3n) is 3.70. The lowest BCUT2D eigenvalue weighted by molar-refractivity contribution is -0.392. The topological polar surface area (TPSA) is 121 Å². The van der Waals surface area contributed by atoms with E-state index in [0.29, 0.717) is 5.82 Å². The molecular weight excluding hydrogens is 362 g/mol. The molecule has 0 atom stereocenters. The Bertz CT molecular complexity index is 903. The minimum absolute atomic E-state index is 0.0399. The zero-order chi connectivity index (χ0) is 19.3. The lowest BCUT2D eigenvalue weighted by Gasteiger charge is -2.06. The summed E-state index contributed by atoms with van der Waals surface area (Å²) in [5.41, 5.74) is 0.929. The summed E-state index contributed by atoms with van der Waals surface area (Å²) in [6.45, 7) is 3.08. The van der Waals surface area contributed by atoms with Crippen LogP contribution in [0, 0.1) is 24.0 Å². The number of hydrogen-bond donors (Lipinski definition) is 0. The molecule has 0 bridgehead atoms. The third kappa shape index (κ3) is 4.96. The highest BCUT2D eigenvalue weighted by molar-refractivity contribution is 7.86. The molecule has 1 aromatic heterocycles. The maximum absolute atomic E-state index is 12.0. The van der Waals surface area contributed by atoms with Crippen molar-refractivity contribution in [1.82, 2.24) is 9.55 Å². The Morgan fingerprint density at radius 3 is 2.54 bits per heavy atom. The van der Waals surface area contributed by atoms with E-state index in [4.69, 9.17) is 4.18 Å². The maximum Gasteiger partial charge on any atom is 0.343 e. The first-order valence-corrected chi connectivity index (χ1v) is 9.26. The summed E-state index contributed by atoms with van der Waals surface area (Å²) in [5.74, 6) is -0.164. The number of rotatable bonds is 9. The number of nitrogens with zero attached hydrogens (tertiary/aromatic N) is 3. The number of aromatic nitrogens is 2. The van der Waals surface area contributed by atoms with Crippen LogP contribution in [0.3, 0.4) is 0 Å².